The molecule has 0 amide bonds. The summed E-state index contributed by atoms with van der Waals surface area (Å²) < 4.78 is 13.6. The van der Waals surface area contributed by atoms with Gasteiger partial charge in [0.2, 0.25) is 6.54 Å². The SMILES string of the molecule is [C-]#[N+]CC1(C(C)C)CCC(NCc2ccccc2F)CC1. The second kappa shape index (κ2) is 7.04. The zero-order chi connectivity index (χ0) is 15.3. The van der Waals surface area contributed by atoms with Gasteiger partial charge in [-0.15, -0.1) is 0 Å². The van der Waals surface area contributed by atoms with Gasteiger partial charge in [0.25, 0.3) is 0 Å². The molecule has 1 saturated carbocycles. The topological polar surface area (TPSA) is 16.4 Å². The van der Waals surface area contributed by atoms with Gasteiger partial charge in [0.1, 0.15) is 5.82 Å². The lowest BCUT2D eigenvalue weighted by Gasteiger charge is -2.40. The summed E-state index contributed by atoms with van der Waals surface area (Å²) in [5.41, 5.74) is 0.928. The Hall–Kier alpha value is -1.40. The molecule has 0 aromatic heterocycles. The molecule has 1 fully saturated rings. The molecule has 0 bridgehead atoms. The van der Waals surface area contributed by atoms with Crippen molar-refractivity contribution < 1.29 is 4.39 Å². The van der Waals surface area contributed by atoms with Crippen LogP contribution in [-0.4, -0.2) is 12.6 Å². The molecule has 2 rings (SSSR count). The van der Waals surface area contributed by atoms with E-state index in [-0.39, 0.29) is 11.2 Å². The molecule has 1 aliphatic carbocycles. The predicted molar refractivity (Wildman–Crippen MR) is 84.2 cm³/mol. The quantitative estimate of drug-likeness (QED) is 0.793. The average molecular weight is 288 g/mol. The van der Waals surface area contributed by atoms with E-state index in [9.17, 15) is 4.39 Å². The Balaban J connectivity index is 1.87. The summed E-state index contributed by atoms with van der Waals surface area (Å²) in [6.45, 7) is 12.9. The second-order valence-corrected chi connectivity index (χ2v) is 6.58. The average Bonchev–Trinajstić information content (AvgIpc) is 2.48. The smallest absolute Gasteiger partial charge is 0.220 e. The van der Waals surface area contributed by atoms with Gasteiger partial charge in [0.15, 0.2) is 0 Å². The number of hydrogen-bond acceptors (Lipinski definition) is 1. The summed E-state index contributed by atoms with van der Waals surface area (Å²) in [7, 11) is 0. The van der Waals surface area contributed by atoms with Crippen molar-refractivity contribution in [2.45, 2.75) is 52.1 Å². The van der Waals surface area contributed by atoms with Crippen molar-refractivity contribution >= 4 is 0 Å². The molecule has 0 saturated heterocycles. The van der Waals surface area contributed by atoms with Crippen LogP contribution in [0, 0.1) is 23.7 Å². The van der Waals surface area contributed by atoms with Gasteiger partial charge in [-0.25, -0.2) is 11.0 Å². The minimum atomic E-state index is -0.134. The minimum absolute atomic E-state index is 0.134. The fraction of sp³-hybridized carbons (Fsp3) is 0.611. The Morgan fingerprint density at radius 1 is 1.33 bits per heavy atom. The van der Waals surface area contributed by atoms with Gasteiger partial charge in [-0.3, -0.25) is 0 Å². The van der Waals surface area contributed by atoms with Crippen LogP contribution in [0.15, 0.2) is 24.3 Å². The molecular weight excluding hydrogens is 263 g/mol. The molecule has 1 aliphatic rings. The summed E-state index contributed by atoms with van der Waals surface area (Å²) in [5, 5.41) is 3.48. The maximum Gasteiger partial charge on any atom is 0.220 e. The van der Waals surface area contributed by atoms with Crippen molar-refractivity contribution in [1.29, 1.82) is 0 Å². The minimum Gasteiger partial charge on any atom is -0.316 e. The van der Waals surface area contributed by atoms with Gasteiger partial charge in [0, 0.05) is 23.6 Å². The van der Waals surface area contributed by atoms with Gasteiger partial charge in [-0.2, -0.15) is 0 Å². The van der Waals surface area contributed by atoms with E-state index in [2.05, 4.69) is 24.0 Å². The van der Waals surface area contributed by atoms with E-state index in [1.54, 1.807) is 6.07 Å². The Kier molecular flexibility index (Phi) is 5.36. The number of nitrogens with zero attached hydrogens (tertiary/aromatic N) is 1. The van der Waals surface area contributed by atoms with Crippen LogP contribution in [0.25, 0.3) is 4.85 Å². The molecule has 1 N–H and O–H groups in total. The van der Waals surface area contributed by atoms with Crippen LogP contribution < -0.4 is 5.32 Å². The molecule has 0 aliphatic heterocycles. The number of halogens is 1. The molecule has 0 heterocycles. The Bertz CT molecular complexity index is 496. The lowest BCUT2D eigenvalue weighted by atomic mass is 9.66. The van der Waals surface area contributed by atoms with Crippen LogP contribution in [0.3, 0.4) is 0 Å². The van der Waals surface area contributed by atoms with Crippen LogP contribution in [0.4, 0.5) is 4.39 Å². The lowest BCUT2D eigenvalue weighted by molar-refractivity contribution is 0.119. The Morgan fingerprint density at radius 2 is 2.00 bits per heavy atom. The van der Waals surface area contributed by atoms with E-state index < -0.39 is 0 Å². The van der Waals surface area contributed by atoms with Crippen LogP contribution in [0.5, 0.6) is 0 Å². The molecule has 1 aromatic rings. The van der Waals surface area contributed by atoms with E-state index in [0.717, 1.165) is 31.2 Å². The van der Waals surface area contributed by atoms with E-state index >= 15 is 0 Å². The zero-order valence-corrected chi connectivity index (χ0v) is 13.0. The van der Waals surface area contributed by atoms with Gasteiger partial charge >= 0.3 is 0 Å². The molecule has 2 nitrogen and oxygen atoms in total. The maximum atomic E-state index is 13.6. The molecule has 0 spiro atoms. The summed E-state index contributed by atoms with van der Waals surface area (Å²) in [6, 6.07) is 7.39. The third-order valence-electron chi connectivity index (χ3n) is 5.14. The number of hydrogen-bond donors (Lipinski definition) is 1. The standard InChI is InChI=1S/C18H25FN2/c1-14(2)18(13-20-3)10-8-16(9-11-18)21-12-15-6-4-5-7-17(15)19/h4-7,14,16,21H,8-13H2,1-2H3. The highest BCUT2D eigenvalue weighted by Crippen LogP contribution is 2.42. The third kappa shape index (κ3) is 3.83. The Labute approximate surface area is 127 Å². The highest BCUT2D eigenvalue weighted by Gasteiger charge is 2.40. The number of rotatable bonds is 5. The molecular formula is C18H25FN2. The number of benzene rings is 1. The predicted octanol–water partition coefficient (Wildman–Crippen LogP) is 4.42. The first-order valence-corrected chi connectivity index (χ1v) is 7.87. The molecule has 0 atom stereocenters. The van der Waals surface area contributed by atoms with Crippen molar-refractivity contribution in [3.63, 3.8) is 0 Å². The normalized spacial score (nSPS) is 25.8. The molecule has 1 aromatic carbocycles. The molecule has 21 heavy (non-hydrogen) atoms. The van der Waals surface area contributed by atoms with Gasteiger partial charge in [-0.1, -0.05) is 32.0 Å². The van der Waals surface area contributed by atoms with Crippen molar-refractivity contribution in [1.82, 2.24) is 5.32 Å². The molecule has 3 heteroatoms. The maximum absolute atomic E-state index is 13.6. The van der Waals surface area contributed by atoms with E-state index in [1.807, 2.05) is 12.1 Å². The highest BCUT2D eigenvalue weighted by molar-refractivity contribution is 5.17. The largest absolute Gasteiger partial charge is 0.316 e. The molecule has 114 valence electrons. The fourth-order valence-electron chi connectivity index (χ4n) is 3.37. The first kappa shape index (κ1) is 16.0. The van der Waals surface area contributed by atoms with Crippen molar-refractivity contribution in [3.8, 4) is 0 Å². The van der Waals surface area contributed by atoms with Crippen LogP contribution in [-0.2, 0) is 6.54 Å². The summed E-state index contributed by atoms with van der Waals surface area (Å²) in [4.78, 5) is 3.66. The van der Waals surface area contributed by atoms with Crippen molar-refractivity contribution in [3.05, 3.63) is 47.1 Å². The first-order chi connectivity index (χ1) is 10.1. The van der Waals surface area contributed by atoms with Gasteiger partial charge in [-0.05, 0) is 37.7 Å². The van der Waals surface area contributed by atoms with Crippen LogP contribution >= 0.6 is 0 Å². The van der Waals surface area contributed by atoms with Crippen molar-refractivity contribution in [2.24, 2.45) is 11.3 Å². The van der Waals surface area contributed by atoms with Gasteiger partial charge in [0.05, 0.1) is 0 Å². The summed E-state index contributed by atoms with van der Waals surface area (Å²) in [5.74, 6) is 0.421. The Morgan fingerprint density at radius 3 is 2.57 bits per heavy atom. The second-order valence-electron chi connectivity index (χ2n) is 6.58. The molecule has 0 unspecified atom stereocenters. The van der Waals surface area contributed by atoms with Gasteiger partial charge < -0.3 is 10.2 Å². The molecule has 0 radical (unpaired) electrons. The monoisotopic (exact) mass is 288 g/mol. The number of nitrogens with one attached hydrogen (secondary N) is 1. The zero-order valence-electron chi connectivity index (χ0n) is 13.0. The summed E-state index contributed by atoms with van der Waals surface area (Å²) in [6.07, 6.45) is 4.37. The first-order valence-electron chi connectivity index (χ1n) is 7.87. The van der Waals surface area contributed by atoms with E-state index in [0.29, 0.717) is 25.0 Å². The third-order valence-corrected chi connectivity index (χ3v) is 5.14. The fourth-order valence-corrected chi connectivity index (χ4v) is 3.37. The summed E-state index contributed by atoms with van der Waals surface area (Å²) >= 11 is 0. The lowest BCUT2D eigenvalue weighted by Crippen LogP contribution is -2.41. The van der Waals surface area contributed by atoms with Crippen molar-refractivity contribution in [2.75, 3.05) is 6.54 Å². The highest BCUT2D eigenvalue weighted by atomic mass is 19.1. The van der Waals surface area contributed by atoms with Crippen LogP contribution in [0.2, 0.25) is 0 Å². The van der Waals surface area contributed by atoms with E-state index in [4.69, 9.17) is 6.57 Å². The van der Waals surface area contributed by atoms with Crippen LogP contribution in [0.1, 0.15) is 45.1 Å². The van der Waals surface area contributed by atoms with E-state index in [1.165, 1.54) is 6.07 Å².